The fourth-order valence-electron chi connectivity index (χ4n) is 5.10. The number of benzene rings is 2. The molecule has 7 heteroatoms. The summed E-state index contributed by atoms with van der Waals surface area (Å²) in [5, 5.41) is 9.51. The van der Waals surface area contributed by atoms with Gasteiger partial charge in [-0.3, -0.25) is 4.79 Å². The minimum Gasteiger partial charge on any atom is -0.481 e. The average Bonchev–Trinajstić information content (AvgIpc) is 3.17. The number of amides is 1. The molecule has 2 aliphatic carbocycles. The molecule has 0 spiro atoms. The molecule has 7 nitrogen and oxygen atoms in total. The van der Waals surface area contributed by atoms with Crippen LogP contribution in [0.4, 0.5) is 10.7 Å². The molecule has 0 bridgehead atoms. The van der Waals surface area contributed by atoms with Gasteiger partial charge in [-0.15, -0.1) is 0 Å². The number of fused-ring (bicyclic) bond motifs is 3. The lowest BCUT2D eigenvalue weighted by Crippen LogP contribution is -2.45. The van der Waals surface area contributed by atoms with Crippen LogP contribution in [-0.2, 0) is 9.53 Å². The molecule has 2 atom stereocenters. The zero-order chi connectivity index (χ0) is 22.8. The third-order valence-corrected chi connectivity index (χ3v) is 6.66. The zero-order valence-electron chi connectivity index (χ0n) is 18.1. The van der Waals surface area contributed by atoms with Crippen molar-refractivity contribution >= 4 is 18.0 Å². The summed E-state index contributed by atoms with van der Waals surface area (Å²) in [6.45, 7) is 0.186. The van der Waals surface area contributed by atoms with Gasteiger partial charge in [-0.25, -0.2) is 19.7 Å². The van der Waals surface area contributed by atoms with E-state index in [1.54, 1.807) is 18.5 Å². The normalized spacial score (nSPS) is 19.4. The highest BCUT2D eigenvalue weighted by atomic mass is 16.6. The summed E-state index contributed by atoms with van der Waals surface area (Å²) in [4.78, 5) is 34.9. The Morgan fingerprint density at radius 3 is 2.21 bits per heavy atom. The Morgan fingerprint density at radius 1 is 0.939 bits per heavy atom. The molecular weight excluding hydrogens is 418 g/mol. The van der Waals surface area contributed by atoms with Gasteiger partial charge in [0, 0.05) is 24.4 Å². The first-order valence-corrected chi connectivity index (χ1v) is 11.3. The van der Waals surface area contributed by atoms with Gasteiger partial charge in [0.2, 0.25) is 5.95 Å². The molecule has 5 rings (SSSR count). The van der Waals surface area contributed by atoms with Gasteiger partial charge in [-0.1, -0.05) is 55.0 Å². The largest absolute Gasteiger partial charge is 0.481 e. The molecule has 2 aromatic carbocycles. The van der Waals surface area contributed by atoms with E-state index in [2.05, 4.69) is 34.2 Å². The standard InChI is InChI=1S/C26H25N3O4/c30-24(31)17-7-5-8-18(15-17)29(25-27-13-6-14-28-25)26(32)33-16-23-21-11-3-1-9-19(21)20-10-2-4-12-22(20)23/h1-4,6,9-14,17-18,23H,5,7-8,15-16H2,(H,30,31)/t17-,18+/m1/s1. The van der Waals surface area contributed by atoms with Crippen molar-refractivity contribution in [1.29, 1.82) is 0 Å². The van der Waals surface area contributed by atoms with E-state index in [-0.39, 0.29) is 24.5 Å². The molecule has 33 heavy (non-hydrogen) atoms. The Morgan fingerprint density at radius 2 is 1.58 bits per heavy atom. The van der Waals surface area contributed by atoms with Crippen LogP contribution in [0.15, 0.2) is 67.0 Å². The van der Waals surface area contributed by atoms with Crippen LogP contribution in [0.1, 0.15) is 42.7 Å². The molecular formula is C26H25N3O4. The van der Waals surface area contributed by atoms with Crippen LogP contribution < -0.4 is 4.90 Å². The van der Waals surface area contributed by atoms with Crippen LogP contribution in [0.3, 0.4) is 0 Å². The maximum absolute atomic E-state index is 13.4. The van der Waals surface area contributed by atoms with E-state index >= 15 is 0 Å². The monoisotopic (exact) mass is 443 g/mol. The van der Waals surface area contributed by atoms with Crippen LogP contribution >= 0.6 is 0 Å². The highest BCUT2D eigenvalue weighted by Gasteiger charge is 2.36. The molecule has 1 amide bonds. The number of hydrogen-bond acceptors (Lipinski definition) is 5. The van der Waals surface area contributed by atoms with Gasteiger partial charge in [-0.05, 0) is 47.6 Å². The summed E-state index contributed by atoms with van der Waals surface area (Å²) in [6, 6.07) is 17.7. The van der Waals surface area contributed by atoms with Crippen LogP contribution in [0.25, 0.3) is 11.1 Å². The van der Waals surface area contributed by atoms with Crippen LogP contribution in [0.5, 0.6) is 0 Å². The number of nitrogens with zero attached hydrogens (tertiary/aromatic N) is 3. The Bertz CT molecular complexity index is 1120. The highest BCUT2D eigenvalue weighted by molar-refractivity contribution is 5.86. The number of hydrogen-bond donors (Lipinski definition) is 1. The zero-order valence-corrected chi connectivity index (χ0v) is 18.1. The van der Waals surface area contributed by atoms with Crippen LogP contribution in [-0.4, -0.2) is 39.8 Å². The fourth-order valence-corrected chi connectivity index (χ4v) is 5.10. The fraction of sp³-hybridized carbons (Fsp3) is 0.308. The van der Waals surface area contributed by atoms with Gasteiger partial charge in [0.05, 0.1) is 5.92 Å². The summed E-state index contributed by atoms with van der Waals surface area (Å²) in [5.74, 6) is -1.14. The van der Waals surface area contributed by atoms with Crippen molar-refractivity contribution in [3.05, 3.63) is 78.1 Å². The molecule has 168 valence electrons. The molecule has 3 aromatic rings. The lowest BCUT2D eigenvalue weighted by atomic mass is 9.85. The second kappa shape index (κ2) is 9.02. The molecule has 2 aliphatic rings. The molecule has 1 heterocycles. The SMILES string of the molecule is O=C(O)[C@@H]1CCC[C@H](N(C(=O)OCC2c3ccccc3-c3ccccc32)c2ncccn2)C1. The number of carbonyl (C=O) groups excluding carboxylic acids is 1. The minimum absolute atomic E-state index is 0.0574. The van der Waals surface area contributed by atoms with Gasteiger partial charge in [-0.2, -0.15) is 0 Å². The van der Waals surface area contributed by atoms with Crippen molar-refractivity contribution in [2.45, 2.75) is 37.6 Å². The summed E-state index contributed by atoms with van der Waals surface area (Å²) in [5.41, 5.74) is 4.60. The lowest BCUT2D eigenvalue weighted by molar-refractivity contribution is -0.142. The molecule has 0 unspecified atom stereocenters. The van der Waals surface area contributed by atoms with E-state index < -0.39 is 18.0 Å². The van der Waals surface area contributed by atoms with E-state index in [1.807, 2.05) is 24.3 Å². The van der Waals surface area contributed by atoms with Crippen molar-refractivity contribution in [1.82, 2.24) is 9.97 Å². The number of carboxylic acids is 1. The summed E-state index contributed by atoms with van der Waals surface area (Å²) in [7, 11) is 0. The molecule has 1 fully saturated rings. The quantitative estimate of drug-likeness (QED) is 0.604. The Kier molecular flexibility index (Phi) is 5.77. The van der Waals surface area contributed by atoms with E-state index in [9.17, 15) is 14.7 Å². The third-order valence-electron chi connectivity index (χ3n) is 6.66. The molecule has 0 saturated heterocycles. The second-order valence-electron chi connectivity index (χ2n) is 8.58. The first-order valence-electron chi connectivity index (χ1n) is 11.3. The maximum Gasteiger partial charge on any atom is 0.416 e. The Balaban J connectivity index is 1.39. The number of rotatable bonds is 5. The summed E-state index contributed by atoms with van der Waals surface area (Å²) in [6.07, 6.45) is 4.98. The number of anilines is 1. The van der Waals surface area contributed by atoms with Crippen molar-refractivity contribution in [2.24, 2.45) is 5.92 Å². The van der Waals surface area contributed by atoms with Gasteiger partial charge in [0.25, 0.3) is 0 Å². The van der Waals surface area contributed by atoms with Crippen molar-refractivity contribution < 1.29 is 19.4 Å². The molecule has 1 aromatic heterocycles. The first kappa shape index (κ1) is 21.1. The smallest absolute Gasteiger partial charge is 0.416 e. The number of aromatic nitrogens is 2. The molecule has 1 saturated carbocycles. The van der Waals surface area contributed by atoms with E-state index in [1.165, 1.54) is 4.90 Å². The average molecular weight is 444 g/mol. The van der Waals surface area contributed by atoms with Crippen LogP contribution in [0.2, 0.25) is 0 Å². The Hall–Kier alpha value is -3.74. The van der Waals surface area contributed by atoms with Gasteiger partial charge >= 0.3 is 12.1 Å². The molecule has 0 radical (unpaired) electrons. The topological polar surface area (TPSA) is 92.6 Å². The number of ether oxygens (including phenoxy) is 1. The number of carbonyl (C=O) groups is 2. The number of aliphatic carboxylic acids is 1. The molecule has 1 N–H and O–H groups in total. The summed E-state index contributed by atoms with van der Waals surface area (Å²) < 4.78 is 5.86. The van der Waals surface area contributed by atoms with E-state index in [4.69, 9.17) is 4.74 Å². The van der Waals surface area contributed by atoms with Crippen molar-refractivity contribution in [3.8, 4) is 11.1 Å². The predicted octanol–water partition coefficient (Wildman–Crippen LogP) is 4.88. The van der Waals surface area contributed by atoms with Gasteiger partial charge in [0.15, 0.2) is 0 Å². The third kappa shape index (κ3) is 4.06. The van der Waals surface area contributed by atoms with E-state index in [0.29, 0.717) is 19.3 Å². The summed E-state index contributed by atoms with van der Waals surface area (Å²) >= 11 is 0. The second-order valence-corrected chi connectivity index (χ2v) is 8.58. The molecule has 0 aliphatic heterocycles. The number of carboxylic acid groups (broad SMARTS) is 1. The predicted molar refractivity (Wildman–Crippen MR) is 123 cm³/mol. The first-order chi connectivity index (χ1) is 16.1. The van der Waals surface area contributed by atoms with Crippen LogP contribution in [0, 0.1) is 5.92 Å². The minimum atomic E-state index is -0.832. The lowest BCUT2D eigenvalue weighted by Gasteiger charge is -2.34. The Labute approximate surface area is 192 Å². The van der Waals surface area contributed by atoms with Crippen molar-refractivity contribution in [3.63, 3.8) is 0 Å². The highest BCUT2D eigenvalue weighted by Crippen LogP contribution is 2.44. The van der Waals surface area contributed by atoms with Gasteiger partial charge in [0.1, 0.15) is 6.61 Å². The maximum atomic E-state index is 13.4. The van der Waals surface area contributed by atoms with Gasteiger partial charge < -0.3 is 9.84 Å². The van der Waals surface area contributed by atoms with Crippen molar-refractivity contribution in [2.75, 3.05) is 11.5 Å². The van der Waals surface area contributed by atoms with E-state index in [0.717, 1.165) is 28.7 Å².